The fraction of sp³-hybridized carbons (Fsp3) is 0.182. The van der Waals surface area contributed by atoms with Crippen molar-refractivity contribution in [1.29, 1.82) is 0 Å². The number of nitrogens with one attached hydrogen (secondary N) is 2. The van der Waals surface area contributed by atoms with E-state index in [4.69, 9.17) is 0 Å². The van der Waals surface area contributed by atoms with Crippen LogP contribution in [0.2, 0.25) is 0 Å². The highest BCUT2D eigenvalue weighted by Gasteiger charge is 2.30. The van der Waals surface area contributed by atoms with Gasteiger partial charge in [-0.2, -0.15) is 13.2 Å². The second-order valence-electron chi connectivity index (χ2n) is 3.36. The van der Waals surface area contributed by atoms with Crippen LogP contribution >= 0.6 is 0 Å². The smallest absolute Gasteiger partial charge is 0.299 e. The van der Waals surface area contributed by atoms with Crippen LogP contribution in [0.5, 0.6) is 0 Å². The van der Waals surface area contributed by atoms with Crippen molar-refractivity contribution >= 4 is 11.6 Å². The molecule has 0 bridgehead atoms. The van der Waals surface area contributed by atoms with Gasteiger partial charge in [-0.15, -0.1) is 0 Å². The molecule has 0 unspecified atom stereocenters. The number of halogens is 3. The van der Waals surface area contributed by atoms with Crippen molar-refractivity contribution in [1.82, 2.24) is 10.9 Å². The van der Waals surface area contributed by atoms with E-state index in [2.05, 4.69) is 17.4 Å². The third-order valence-electron chi connectivity index (χ3n) is 1.93. The number of rotatable bonds is 3. The zero-order valence-corrected chi connectivity index (χ0v) is 9.06. The maximum absolute atomic E-state index is 12.4. The van der Waals surface area contributed by atoms with Gasteiger partial charge in [0.15, 0.2) is 0 Å². The van der Waals surface area contributed by atoms with Gasteiger partial charge in [-0.25, -0.2) is 0 Å². The van der Waals surface area contributed by atoms with E-state index in [0.717, 1.165) is 12.1 Å². The van der Waals surface area contributed by atoms with E-state index in [1.54, 1.807) is 0 Å². The molecule has 0 heterocycles. The molecule has 2 N–H and O–H groups in total. The normalized spacial score (nSPS) is 10.8. The number of carbonyl (C=O) groups is 1. The first-order chi connectivity index (χ1) is 7.80. The van der Waals surface area contributed by atoms with E-state index in [0.29, 0.717) is 0 Å². The molecule has 0 spiro atoms. The standard InChI is InChI=1S/C11H11F3N2O/c1-7(15-16-8(2)17)9-4-3-5-10(6-9)11(12,13)14/h3-6,15H,1H2,2H3,(H,16,17). The molecule has 1 aromatic rings. The average molecular weight is 244 g/mol. The number of amides is 1. The summed E-state index contributed by atoms with van der Waals surface area (Å²) in [6, 6.07) is 4.66. The molecule has 17 heavy (non-hydrogen) atoms. The van der Waals surface area contributed by atoms with Gasteiger partial charge in [-0.1, -0.05) is 18.7 Å². The Morgan fingerprint density at radius 1 is 1.29 bits per heavy atom. The number of hydrogen-bond acceptors (Lipinski definition) is 2. The summed E-state index contributed by atoms with van der Waals surface area (Å²) in [5, 5.41) is 0. The van der Waals surface area contributed by atoms with Crippen molar-refractivity contribution in [2.45, 2.75) is 13.1 Å². The van der Waals surface area contributed by atoms with Crippen LogP contribution < -0.4 is 10.9 Å². The van der Waals surface area contributed by atoms with E-state index in [-0.39, 0.29) is 17.2 Å². The molecular formula is C11H11F3N2O. The third-order valence-corrected chi connectivity index (χ3v) is 1.93. The number of carbonyl (C=O) groups excluding carboxylic acids is 1. The van der Waals surface area contributed by atoms with Crippen LogP contribution in [0.1, 0.15) is 18.1 Å². The topological polar surface area (TPSA) is 41.1 Å². The lowest BCUT2D eigenvalue weighted by molar-refractivity contribution is -0.137. The van der Waals surface area contributed by atoms with Crippen molar-refractivity contribution < 1.29 is 18.0 Å². The number of hydrogen-bond donors (Lipinski definition) is 2. The molecule has 6 heteroatoms. The fourth-order valence-electron chi connectivity index (χ4n) is 1.12. The lowest BCUT2D eigenvalue weighted by Gasteiger charge is -2.12. The van der Waals surface area contributed by atoms with E-state index in [1.807, 2.05) is 0 Å². The summed E-state index contributed by atoms with van der Waals surface area (Å²) in [6.07, 6.45) is -4.40. The van der Waals surface area contributed by atoms with Gasteiger partial charge in [0.1, 0.15) is 0 Å². The van der Waals surface area contributed by atoms with Crippen molar-refractivity contribution in [2.75, 3.05) is 0 Å². The molecule has 1 aromatic carbocycles. The molecule has 0 fully saturated rings. The van der Waals surface area contributed by atoms with Gasteiger partial charge in [0.2, 0.25) is 5.91 Å². The fourth-order valence-corrected chi connectivity index (χ4v) is 1.12. The molecule has 0 aromatic heterocycles. The van der Waals surface area contributed by atoms with Crippen molar-refractivity contribution in [3.8, 4) is 0 Å². The molecule has 92 valence electrons. The summed E-state index contributed by atoms with van der Waals surface area (Å²) in [6.45, 7) is 4.80. The Morgan fingerprint density at radius 3 is 2.47 bits per heavy atom. The highest BCUT2D eigenvalue weighted by atomic mass is 19.4. The number of benzene rings is 1. The molecule has 3 nitrogen and oxygen atoms in total. The molecule has 0 saturated carbocycles. The van der Waals surface area contributed by atoms with Gasteiger partial charge < -0.3 is 0 Å². The van der Waals surface area contributed by atoms with Crippen molar-refractivity contribution in [2.24, 2.45) is 0 Å². The first kappa shape index (κ1) is 13.1. The Labute approximate surface area is 96.3 Å². The Balaban J connectivity index is 2.85. The molecule has 0 atom stereocenters. The van der Waals surface area contributed by atoms with Crippen LogP contribution in [0, 0.1) is 0 Å². The molecule has 1 amide bonds. The van der Waals surface area contributed by atoms with E-state index < -0.39 is 11.7 Å². The van der Waals surface area contributed by atoms with Gasteiger partial charge in [0.05, 0.1) is 11.3 Å². The summed E-state index contributed by atoms with van der Waals surface area (Å²) < 4.78 is 37.3. The monoisotopic (exact) mass is 244 g/mol. The second-order valence-corrected chi connectivity index (χ2v) is 3.36. The molecule has 0 aliphatic carbocycles. The van der Waals surface area contributed by atoms with Gasteiger partial charge in [0, 0.05) is 6.92 Å². The SMILES string of the molecule is C=C(NNC(C)=O)c1cccc(C(F)(F)F)c1. The van der Waals surface area contributed by atoms with Crippen LogP contribution in [0.25, 0.3) is 5.70 Å². The first-order valence-corrected chi connectivity index (χ1v) is 4.70. The van der Waals surface area contributed by atoms with E-state index in [9.17, 15) is 18.0 Å². The van der Waals surface area contributed by atoms with Gasteiger partial charge >= 0.3 is 6.18 Å². The van der Waals surface area contributed by atoms with Gasteiger partial charge in [-0.05, 0) is 17.7 Å². The molecule has 0 aliphatic rings. The molecule has 0 aliphatic heterocycles. The predicted molar refractivity (Wildman–Crippen MR) is 57.4 cm³/mol. The van der Waals surface area contributed by atoms with E-state index >= 15 is 0 Å². The number of alkyl halides is 3. The number of hydrazine groups is 1. The zero-order chi connectivity index (χ0) is 13.1. The van der Waals surface area contributed by atoms with Gasteiger partial charge in [-0.3, -0.25) is 15.6 Å². The minimum absolute atomic E-state index is 0.186. The molecule has 0 saturated heterocycles. The van der Waals surface area contributed by atoms with E-state index in [1.165, 1.54) is 19.1 Å². The summed E-state index contributed by atoms with van der Waals surface area (Å²) in [5.41, 5.74) is 4.33. The summed E-state index contributed by atoms with van der Waals surface area (Å²) in [5.74, 6) is -0.363. The third kappa shape index (κ3) is 3.82. The lowest BCUT2D eigenvalue weighted by atomic mass is 10.1. The highest BCUT2D eigenvalue weighted by Crippen LogP contribution is 2.30. The predicted octanol–water partition coefficient (Wildman–Crippen LogP) is 2.32. The Hall–Kier alpha value is -1.98. The minimum atomic E-state index is -4.40. The summed E-state index contributed by atoms with van der Waals surface area (Å²) in [4.78, 5) is 10.6. The van der Waals surface area contributed by atoms with Crippen molar-refractivity contribution in [3.63, 3.8) is 0 Å². The Kier molecular flexibility index (Phi) is 3.77. The Morgan fingerprint density at radius 2 is 1.94 bits per heavy atom. The van der Waals surface area contributed by atoms with Crippen LogP contribution in [0.3, 0.4) is 0 Å². The molecule has 1 rings (SSSR count). The summed E-state index contributed by atoms with van der Waals surface area (Å²) >= 11 is 0. The van der Waals surface area contributed by atoms with Crippen LogP contribution in [-0.4, -0.2) is 5.91 Å². The first-order valence-electron chi connectivity index (χ1n) is 4.70. The maximum atomic E-state index is 12.4. The largest absolute Gasteiger partial charge is 0.416 e. The summed E-state index contributed by atoms with van der Waals surface area (Å²) in [7, 11) is 0. The van der Waals surface area contributed by atoms with Crippen LogP contribution in [0.15, 0.2) is 30.8 Å². The van der Waals surface area contributed by atoms with Crippen LogP contribution in [0.4, 0.5) is 13.2 Å². The second kappa shape index (κ2) is 4.90. The average Bonchev–Trinajstić information content (AvgIpc) is 2.25. The Bertz CT molecular complexity index is 441. The van der Waals surface area contributed by atoms with Crippen LogP contribution in [-0.2, 0) is 11.0 Å². The quantitative estimate of drug-likeness (QED) is 0.801. The maximum Gasteiger partial charge on any atom is 0.416 e. The lowest BCUT2D eigenvalue weighted by Crippen LogP contribution is -2.33. The minimum Gasteiger partial charge on any atom is -0.299 e. The van der Waals surface area contributed by atoms with Gasteiger partial charge in [0.25, 0.3) is 0 Å². The molecular weight excluding hydrogens is 233 g/mol. The molecule has 0 radical (unpaired) electrons. The van der Waals surface area contributed by atoms with Crippen molar-refractivity contribution in [3.05, 3.63) is 42.0 Å². The highest BCUT2D eigenvalue weighted by molar-refractivity contribution is 5.74. The zero-order valence-electron chi connectivity index (χ0n) is 9.06.